The van der Waals surface area contributed by atoms with E-state index in [4.69, 9.17) is 27.9 Å². The lowest BCUT2D eigenvalue weighted by Crippen LogP contribution is -2.22. The molecule has 0 radical (unpaired) electrons. The van der Waals surface area contributed by atoms with Crippen LogP contribution >= 0.6 is 23.2 Å². The molecule has 0 aliphatic rings. The highest BCUT2D eigenvalue weighted by Crippen LogP contribution is 2.26. The summed E-state index contributed by atoms with van der Waals surface area (Å²) in [6, 6.07) is 6.06. The first-order chi connectivity index (χ1) is 8.69. The van der Waals surface area contributed by atoms with Crippen LogP contribution in [0.25, 0.3) is 0 Å². The minimum Gasteiger partial charge on any atom is -0.502 e. The van der Waals surface area contributed by atoms with Crippen LogP contribution in [0.3, 0.4) is 0 Å². The van der Waals surface area contributed by atoms with Crippen molar-refractivity contribution in [2.75, 3.05) is 13.2 Å². The molecule has 1 unspecified atom stereocenters. The molecule has 1 aromatic carbocycles. The number of hydrogen-bond donors (Lipinski definition) is 1. The molecule has 0 aliphatic heterocycles. The molecule has 0 aromatic heterocycles. The molecule has 0 spiro atoms. The van der Waals surface area contributed by atoms with Gasteiger partial charge in [0.1, 0.15) is 0 Å². The first kappa shape index (κ1) is 15.4. The lowest BCUT2D eigenvalue weighted by Gasteiger charge is -2.18. The van der Waals surface area contributed by atoms with Crippen molar-refractivity contribution in [2.24, 2.45) is 0 Å². The summed E-state index contributed by atoms with van der Waals surface area (Å²) >= 11 is 11.9. The Morgan fingerprint density at radius 1 is 1.39 bits per heavy atom. The van der Waals surface area contributed by atoms with Gasteiger partial charge in [0.25, 0.3) is 0 Å². The fourth-order valence-corrected chi connectivity index (χ4v) is 2.05. The highest BCUT2D eigenvalue weighted by molar-refractivity contribution is 6.42. The summed E-state index contributed by atoms with van der Waals surface area (Å²) in [7, 11) is 0. The van der Waals surface area contributed by atoms with Gasteiger partial charge in [0.15, 0.2) is 0 Å². The van der Waals surface area contributed by atoms with Gasteiger partial charge in [-0.2, -0.15) is 0 Å². The Bertz CT molecular complexity index is 382. The van der Waals surface area contributed by atoms with Crippen molar-refractivity contribution >= 4 is 23.2 Å². The second-order valence-corrected chi connectivity index (χ2v) is 4.79. The van der Waals surface area contributed by atoms with Crippen molar-refractivity contribution in [2.45, 2.75) is 25.8 Å². The lowest BCUT2D eigenvalue weighted by atomic mass is 10.0. The van der Waals surface area contributed by atoms with Crippen molar-refractivity contribution in [3.8, 4) is 0 Å². The minimum atomic E-state index is 0.295. The first-order valence-electron chi connectivity index (χ1n) is 6.09. The number of halogens is 2. The molecule has 1 atom stereocenters. The predicted octanol–water partition coefficient (Wildman–Crippen LogP) is 4.58. The van der Waals surface area contributed by atoms with E-state index in [0.29, 0.717) is 22.7 Å². The van der Waals surface area contributed by atoms with Gasteiger partial charge in [0.05, 0.1) is 22.9 Å². The Kier molecular flexibility index (Phi) is 7.18. The molecule has 100 valence electrons. The maximum absolute atomic E-state index is 6.03. The van der Waals surface area contributed by atoms with Crippen molar-refractivity contribution in [3.05, 3.63) is 46.6 Å². The van der Waals surface area contributed by atoms with Gasteiger partial charge in [0.2, 0.25) is 0 Å². The van der Waals surface area contributed by atoms with Crippen LogP contribution in [0.15, 0.2) is 31.0 Å². The van der Waals surface area contributed by atoms with Gasteiger partial charge >= 0.3 is 0 Å². The minimum absolute atomic E-state index is 0.295. The second kappa shape index (κ2) is 8.41. The van der Waals surface area contributed by atoms with Gasteiger partial charge in [-0.25, -0.2) is 0 Å². The zero-order valence-electron chi connectivity index (χ0n) is 10.6. The average Bonchev–Trinajstić information content (AvgIpc) is 2.37. The monoisotopic (exact) mass is 287 g/mol. The number of rotatable bonds is 8. The van der Waals surface area contributed by atoms with E-state index in [-0.39, 0.29) is 0 Å². The fourth-order valence-electron chi connectivity index (χ4n) is 1.74. The summed E-state index contributed by atoms with van der Waals surface area (Å²) < 4.78 is 5.07. The number of benzene rings is 1. The van der Waals surface area contributed by atoms with Crippen molar-refractivity contribution in [1.29, 1.82) is 0 Å². The summed E-state index contributed by atoms with van der Waals surface area (Å²) in [4.78, 5) is 0. The second-order valence-electron chi connectivity index (χ2n) is 3.98. The topological polar surface area (TPSA) is 21.3 Å². The van der Waals surface area contributed by atoms with Crippen LogP contribution in [-0.4, -0.2) is 13.2 Å². The zero-order valence-corrected chi connectivity index (χ0v) is 12.1. The third-order valence-electron chi connectivity index (χ3n) is 2.70. The highest BCUT2D eigenvalue weighted by atomic mass is 35.5. The molecule has 2 nitrogen and oxygen atoms in total. The van der Waals surface area contributed by atoms with E-state index in [0.717, 1.165) is 24.9 Å². The number of ether oxygens (including phenoxy) is 1. The van der Waals surface area contributed by atoms with Crippen LogP contribution < -0.4 is 5.32 Å². The maximum atomic E-state index is 6.03. The van der Waals surface area contributed by atoms with Gasteiger partial charge in [-0.15, -0.1) is 0 Å². The third-order valence-corrected chi connectivity index (χ3v) is 3.44. The fraction of sp³-hybridized carbons (Fsp3) is 0.429. The molecule has 0 heterocycles. The molecule has 18 heavy (non-hydrogen) atoms. The van der Waals surface area contributed by atoms with Gasteiger partial charge < -0.3 is 10.1 Å². The van der Waals surface area contributed by atoms with Crippen LogP contribution in [0, 0.1) is 0 Å². The molecule has 0 saturated carbocycles. The van der Waals surface area contributed by atoms with E-state index in [1.807, 2.05) is 18.2 Å². The highest BCUT2D eigenvalue weighted by Gasteiger charge is 2.09. The average molecular weight is 288 g/mol. The van der Waals surface area contributed by atoms with Crippen LogP contribution in [0.2, 0.25) is 10.0 Å². The van der Waals surface area contributed by atoms with Gasteiger partial charge in [-0.05, 0) is 37.1 Å². The molecular formula is C14H19Cl2NO. The quantitative estimate of drug-likeness (QED) is 0.558. The normalized spacial score (nSPS) is 12.2. The van der Waals surface area contributed by atoms with E-state index < -0.39 is 0 Å². The summed E-state index contributed by atoms with van der Waals surface area (Å²) in [5.74, 6) is 0. The Morgan fingerprint density at radius 3 is 2.78 bits per heavy atom. The SMILES string of the molecule is C=COCCCNC(CC)c1ccc(Cl)c(Cl)c1. The smallest absolute Gasteiger partial charge is 0.0885 e. The van der Waals surface area contributed by atoms with E-state index in [1.165, 1.54) is 6.26 Å². The van der Waals surface area contributed by atoms with Crippen LogP contribution in [-0.2, 0) is 4.74 Å². The number of hydrogen-bond acceptors (Lipinski definition) is 2. The Morgan fingerprint density at radius 2 is 2.17 bits per heavy atom. The standard InChI is InChI=1S/C14H19Cl2NO/c1-3-14(17-8-5-9-18-4-2)11-6-7-12(15)13(16)10-11/h4,6-7,10,14,17H,2-3,5,8-9H2,1H3. The Labute approximate surface area is 119 Å². The van der Waals surface area contributed by atoms with Gasteiger partial charge in [0, 0.05) is 6.04 Å². The van der Waals surface area contributed by atoms with E-state index in [9.17, 15) is 0 Å². The molecule has 0 aliphatic carbocycles. The van der Waals surface area contributed by atoms with Gasteiger partial charge in [-0.3, -0.25) is 0 Å². The van der Waals surface area contributed by atoms with Gasteiger partial charge in [-0.1, -0.05) is 42.8 Å². The molecule has 0 amide bonds. The first-order valence-corrected chi connectivity index (χ1v) is 6.85. The van der Waals surface area contributed by atoms with Crippen LogP contribution in [0.1, 0.15) is 31.4 Å². The van der Waals surface area contributed by atoms with E-state index in [2.05, 4.69) is 18.8 Å². The van der Waals surface area contributed by atoms with Crippen molar-refractivity contribution < 1.29 is 4.74 Å². The molecule has 1 aromatic rings. The lowest BCUT2D eigenvalue weighted by molar-refractivity contribution is 0.242. The maximum Gasteiger partial charge on any atom is 0.0885 e. The summed E-state index contributed by atoms with van der Waals surface area (Å²) in [5.41, 5.74) is 1.16. The summed E-state index contributed by atoms with van der Waals surface area (Å²) in [6.07, 6.45) is 3.42. The Balaban J connectivity index is 2.49. The van der Waals surface area contributed by atoms with E-state index >= 15 is 0 Å². The summed E-state index contributed by atoms with van der Waals surface area (Å²) in [5, 5.41) is 4.67. The molecule has 0 bridgehead atoms. The van der Waals surface area contributed by atoms with Crippen LogP contribution in [0.4, 0.5) is 0 Å². The third kappa shape index (κ3) is 4.89. The van der Waals surface area contributed by atoms with E-state index in [1.54, 1.807) is 0 Å². The Hall–Kier alpha value is -0.700. The molecular weight excluding hydrogens is 269 g/mol. The summed E-state index contributed by atoms with van der Waals surface area (Å²) in [6.45, 7) is 7.23. The molecule has 0 fully saturated rings. The van der Waals surface area contributed by atoms with Crippen molar-refractivity contribution in [3.63, 3.8) is 0 Å². The van der Waals surface area contributed by atoms with Crippen LogP contribution in [0.5, 0.6) is 0 Å². The molecule has 0 saturated heterocycles. The largest absolute Gasteiger partial charge is 0.502 e. The molecule has 4 heteroatoms. The van der Waals surface area contributed by atoms with Crippen molar-refractivity contribution in [1.82, 2.24) is 5.32 Å². The molecule has 1 rings (SSSR count). The predicted molar refractivity (Wildman–Crippen MR) is 78.3 cm³/mol. The molecule has 1 N–H and O–H groups in total. The zero-order chi connectivity index (χ0) is 13.4. The number of nitrogens with one attached hydrogen (secondary N) is 1.